The average Bonchev–Trinajstić information content (AvgIpc) is 2.79. The highest BCUT2D eigenvalue weighted by Crippen LogP contribution is 2.18. The minimum atomic E-state index is 0.530. The van der Waals surface area contributed by atoms with Crippen molar-refractivity contribution in [3.63, 3.8) is 0 Å². The van der Waals surface area contributed by atoms with Gasteiger partial charge >= 0.3 is 0 Å². The molecule has 1 aromatic carbocycles. The van der Waals surface area contributed by atoms with Gasteiger partial charge in [0.1, 0.15) is 11.0 Å². The molecule has 5 heteroatoms. The zero-order chi connectivity index (χ0) is 13.4. The molecule has 3 rings (SSSR count). The number of fused-ring (bicyclic) bond motifs is 1. The molecule has 96 valence electrons. The van der Waals surface area contributed by atoms with Crippen molar-refractivity contribution in [1.29, 1.82) is 0 Å². The van der Waals surface area contributed by atoms with E-state index in [1.54, 1.807) is 12.4 Å². The van der Waals surface area contributed by atoms with Gasteiger partial charge in [-0.25, -0.2) is 0 Å². The van der Waals surface area contributed by atoms with Gasteiger partial charge in [0.05, 0.1) is 12.4 Å². The SMILES string of the molecule is Cc1ccc(C)c(Cc2nnc3cncc(Cl)n23)c1. The third-order valence-corrected chi connectivity index (χ3v) is 3.46. The molecule has 0 radical (unpaired) electrons. The molecule has 0 spiro atoms. The van der Waals surface area contributed by atoms with Crippen LogP contribution in [0.15, 0.2) is 30.6 Å². The van der Waals surface area contributed by atoms with E-state index in [0.29, 0.717) is 17.2 Å². The van der Waals surface area contributed by atoms with Crippen LogP contribution < -0.4 is 0 Å². The summed E-state index contributed by atoms with van der Waals surface area (Å²) in [6, 6.07) is 6.40. The molecule has 4 nitrogen and oxygen atoms in total. The van der Waals surface area contributed by atoms with Crippen molar-refractivity contribution in [1.82, 2.24) is 19.6 Å². The van der Waals surface area contributed by atoms with E-state index < -0.39 is 0 Å². The van der Waals surface area contributed by atoms with Crippen LogP contribution in [0.1, 0.15) is 22.5 Å². The number of rotatable bonds is 2. The summed E-state index contributed by atoms with van der Waals surface area (Å²) in [5, 5.41) is 8.83. The fourth-order valence-electron chi connectivity index (χ4n) is 2.15. The molecule has 0 fully saturated rings. The van der Waals surface area contributed by atoms with Crippen LogP contribution in [0.4, 0.5) is 0 Å². The Hall–Kier alpha value is -1.94. The molecule has 0 atom stereocenters. The van der Waals surface area contributed by atoms with Gasteiger partial charge in [0.2, 0.25) is 0 Å². The van der Waals surface area contributed by atoms with Crippen molar-refractivity contribution in [2.45, 2.75) is 20.3 Å². The highest BCUT2D eigenvalue weighted by molar-refractivity contribution is 6.29. The lowest BCUT2D eigenvalue weighted by molar-refractivity contribution is 0.925. The largest absolute Gasteiger partial charge is 0.266 e. The second-order valence-electron chi connectivity index (χ2n) is 4.65. The Kier molecular flexibility index (Phi) is 2.95. The number of halogens is 1. The third kappa shape index (κ3) is 2.19. The van der Waals surface area contributed by atoms with Gasteiger partial charge in [-0.3, -0.25) is 9.38 Å². The molecule has 2 aromatic heterocycles. The lowest BCUT2D eigenvalue weighted by Crippen LogP contribution is -2.00. The molecular formula is C14H13ClN4. The quantitative estimate of drug-likeness (QED) is 0.720. The lowest BCUT2D eigenvalue weighted by atomic mass is 10.0. The predicted molar refractivity (Wildman–Crippen MR) is 74.5 cm³/mol. The van der Waals surface area contributed by atoms with Crippen LogP contribution in [0.3, 0.4) is 0 Å². The van der Waals surface area contributed by atoms with E-state index in [1.807, 2.05) is 4.40 Å². The second-order valence-corrected chi connectivity index (χ2v) is 5.03. The average molecular weight is 273 g/mol. The Morgan fingerprint density at radius 2 is 2.00 bits per heavy atom. The molecule has 0 aliphatic heterocycles. The summed E-state index contributed by atoms with van der Waals surface area (Å²) in [4.78, 5) is 4.01. The van der Waals surface area contributed by atoms with Crippen LogP contribution in [0.5, 0.6) is 0 Å². The van der Waals surface area contributed by atoms with Gasteiger partial charge in [-0.1, -0.05) is 35.4 Å². The van der Waals surface area contributed by atoms with Gasteiger partial charge in [-0.05, 0) is 25.0 Å². The fourth-order valence-corrected chi connectivity index (χ4v) is 2.39. The van der Waals surface area contributed by atoms with Crippen molar-refractivity contribution in [2.24, 2.45) is 0 Å². The number of aromatic nitrogens is 4. The lowest BCUT2D eigenvalue weighted by Gasteiger charge is -2.06. The summed E-state index contributed by atoms with van der Waals surface area (Å²) in [6.07, 6.45) is 3.97. The van der Waals surface area contributed by atoms with Gasteiger partial charge in [0.15, 0.2) is 5.65 Å². The van der Waals surface area contributed by atoms with E-state index in [9.17, 15) is 0 Å². The first-order valence-electron chi connectivity index (χ1n) is 6.05. The Bertz CT molecular complexity index is 748. The summed E-state index contributed by atoms with van der Waals surface area (Å²) in [5.74, 6) is 0.830. The van der Waals surface area contributed by atoms with Crippen molar-refractivity contribution in [3.05, 3.63) is 58.3 Å². The van der Waals surface area contributed by atoms with E-state index in [-0.39, 0.29) is 0 Å². The van der Waals surface area contributed by atoms with Gasteiger partial charge in [0.25, 0.3) is 0 Å². The predicted octanol–water partition coefficient (Wildman–Crippen LogP) is 2.99. The van der Waals surface area contributed by atoms with Crippen LogP contribution in [-0.4, -0.2) is 19.6 Å². The number of nitrogens with zero attached hydrogens (tertiary/aromatic N) is 4. The molecule has 0 saturated carbocycles. The van der Waals surface area contributed by atoms with E-state index in [0.717, 1.165) is 5.82 Å². The summed E-state index contributed by atoms with van der Waals surface area (Å²) in [6.45, 7) is 4.18. The monoisotopic (exact) mass is 272 g/mol. The second kappa shape index (κ2) is 4.63. The molecule has 0 unspecified atom stereocenters. The molecule has 0 aliphatic carbocycles. The topological polar surface area (TPSA) is 43.1 Å². The van der Waals surface area contributed by atoms with Gasteiger partial charge in [-0.15, -0.1) is 10.2 Å². The van der Waals surface area contributed by atoms with Crippen LogP contribution in [0.2, 0.25) is 5.15 Å². The number of hydrogen-bond donors (Lipinski definition) is 0. The first-order valence-corrected chi connectivity index (χ1v) is 6.42. The molecule has 19 heavy (non-hydrogen) atoms. The first kappa shape index (κ1) is 12.1. The van der Waals surface area contributed by atoms with E-state index in [4.69, 9.17) is 11.6 Å². The van der Waals surface area contributed by atoms with Gasteiger partial charge in [0, 0.05) is 6.42 Å². The maximum atomic E-state index is 6.16. The van der Waals surface area contributed by atoms with E-state index >= 15 is 0 Å². The minimum absolute atomic E-state index is 0.530. The molecule has 0 bridgehead atoms. The fraction of sp³-hybridized carbons (Fsp3) is 0.214. The highest BCUT2D eigenvalue weighted by atomic mass is 35.5. The van der Waals surface area contributed by atoms with Gasteiger partial charge in [-0.2, -0.15) is 0 Å². The zero-order valence-electron chi connectivity index (χ0n) is 10.8. The number of benzene rings is 1. The third-order valence-electron chi connectivity index (χ3n) is 3.19. The standard InChI is InChI=1S/C14H13ClN4/c1-9-3-4-10(2)11(5-9)6-13-17-18-14-8-16-7-12(15)19(13)14/h3-5,7-8H,6H2,1-2H3. The summed E-state index contributed by atoms with van der Waals surface area (Å²) in [7, 11) is 0. The number of aryl methyl sites for hydroxylation is 2. The maximum Gasteiger partial charge on any atom is 0.180 e. The zero-order valence-corrected chi connectivity index (χ0v) is 11.5. The van der Waals surface area contributed by atoms with Crippen molar-refractivity contribution in [2.75, 3.05) is 0 Å². The summed E-state index contributed by atoms with van der Waals surface area (Å²) < 4.78 is 1.83. The Morgan fingerprint density at radius 3 is 2.84 bits per heavy atom. The minimum Gasteiger partial charge on any atom is -0.266 e. The van der Waals surface area contributed by atoms with Crippen LogP contribution >= 0.6 is 11.6 Å². The van der Waals surface area contributed by atoms with E-state index in [1.165, 1.54) is 16.7 Å². The Morgan fingerprint density at radius 1 is 1.16 bits per heavy atom. The van der Waals surface area contributed by atoms with Crippen LogP contribution in [0, 0.1) is 13.8 Å². The highest BCUT2D eigenvalue weighted by Gasteiger charge is 2.10. The molecule has 0 N–H and O–H groups in total. The molecule has 0 aliphatic rings. The first-order chi connectivity index (χ1) is 9.15. The van der Waals surface area contributed by atoms with Crippen molar-refractivity contribution >= 4 is 17.2 Å². The molecule has 3 aromatic rings. The molecule has 0 amide bonds. The molecule has 0 saturated heterocycles. The number of hydrogen-bond acceptors (Lipinski definition) is 3. The summed E-state index contributed by atoms with van der Waals surface area (Å²) in [5.41, 5.74) is 4.39. The maximum absolute atomic E-state index is 6.16. The Labute approximate surface area is 116 Å². The van der Waals surface area contributed by atoms with Crippen molar-refractivity contribution < 1.29 is 0 Å². The van der Waals surface area contributed by atoms with Crippen molar-refractivity contribution in [3.8, 4) is 0 Å². The molecular weight excluding hydrogens is 260 g/mol. The molecule has 2 heterocycles. The smallest absolute Gasteiger partial charge is 0.180 e. The van der Waals surface area contributed by atoms with E-state index in [2.05, 4.69) is 47.2 Å². The normalized spacial score (nSPS) is 11.1. The van der Waals surface area contributed by atoms with Gasteiger partial charge < -0.3 is 0 Å². The van der Waals surface area contributed by atoms with Crippen LogP contribution in [-0.2, 0) is 6.42 Å². The van der Waals surface area contributed by atoms with Crippen LogP contribution in [0.25, 0.3) is 5.65 Å². The Balaban J connectivity index is 2.08. The summed E-state index contributed by atoms with van der Waals surface area (Å²) >= 11 is 6.16.